The zero-order valence-electron chi connectivity index (χ0n) is 21.5. The van der Waals surface area contributed by atoms with Gasteiger partial charge in [0.2, 0.25) is 0 Å². The van der Waals surface area contributed by atoms with Crippen LogP contribution in [0.4, 0.5) is 0 Å². The summed E-state index contributed by atoms with van der Waals surface area (Å²) in [6.45, 7) is 16.8. The number of fused-ring (bicyclic) bond motifs is 1. The predicted octanol–water partition coefficient (Wildman–Crippen LogP) is 9.07. The first-order chi connectivity index (χ1) is 15.9. The first-order valence-corrected chi connectivity index (χ1v) is 12.4. The SMILES string of the molecule is C=CC1=C(C)C=C2CCC(CCc3ccccc3C#N)C2(C)C1.CC.Cc1ccc(C)cc1. The highest BCUT2D eigenvalue weighted by molar-refractivity contribution is 5.43. The van der Waals surface area contributed by atoms with E-state index in [1.54, 1.807) is 5.57 Å². The molecule has 0 aliphatic heterocycles. The molecule has 33 heavy (non-hydrogen) atoms. The average Bonchev–Trinajstić information content (AvgIpc) is 3.16. The molecule has 1 nitrogen and oxygen atoms in total. The van der Waals surface area contributed by atoms with Gasteiger partial charge in [-0.25, -0.2) is 0 Å². The molecular weight excluding hydrogens is 398 g/mol. The van der Waals surface area contributed by atoms with Gasteiger partial charge in [0.05, 0.1) is 11.6 Å². The Hall–Kier alpha value is -2.85. The molecule has 0 bridgehead atoms. The van der Waals surface area contributed by atoms with Crippen LogP contribution in [0, 0.1) is 36.5 Å². The van der Waals surface area contributed by atoms with E-state index >= 15 is 0 Å². The van der Waals surface area contributed by atoms with E-state index in [9.17, 15) is 5.26 Å². The van der Waals surface area contributed by atoms with E-state index < -0.39 is 0 Å². The van der Waals surface area contributed by atoms with Gasteiger partial charge in [-0.2, -0.15) is 5.26 Å². The molecule has 2 aromatic rings. The van der Waals surface area contributed by atoms with Crippen molar-refractivity contribution in [3.8, 4) is 6.07 Å². The molecule has 1 heteroatoms. The van der Waals surface area contributed by atoms with E-state index in [1.807, 2.05) is 38.1 Å². The second-order valence-corrected chi connectivity index (χ2v) is 9.37. The molecule has 2 unspecified atom stereocenters. The summed E-state index contributed by atoms with van der Waals surface area (Å²) in [6.07, 6.45) is 10.2. The number of allylic oxidation sites excluding steroid dienone is 5. The first kappa shape index (κ1) is 26.4. The predicted molar refractivity (Wildman–Crippen MR) is 143 cm³/mol. The molecule has 0 heterocycles. The van der Waals surface area contributed by atoms with Gasteiger partial charge in [-0.15, -0.1) is 0 Å². The average molecular weight is 440 g/mol. The first-order valence-electron chi connectivity index (χ1n) is 12.4. The fourth-order valence-electron chi connectivity index (χ4n) is 5.09. The van der Waals surface area contributed by atoms with Gasteiger partial charge in [-0.05, 0) is 87.0 Å². The van der Waals surface area contributed by atoms with Crippen molar-refractivity contribution in [2.75, 3.05) is 0 Å². The maximum Gasteiger partial charge on any atom is 0.0994 e. The highest BCUT2D eigenvalue weighted by atomic mass is 14.5. The van der Waals surface area contributed by atoms with Crippen molar-refractivity contribution in [1.82, 2.24) is 0 Å². The van der Waals surface area contributed by atoms with E-state index in [0.29, 0.717) is 5.92 Å². The van der Waals surface area contributed by atoms with Crippen LogP contribution in [0.1, 0.15) is 75.6 Å². The van der Waals surface area contributed by atoms with Crippen molar-refractivity contribution in [3.63, 3.8) is 0 Å². The number of nitrogens with zero attached hydrogens (tertiary/aromatic N) is 1. The minimum absolute atomic E-state index is 0.282. The standard InChI is InChI=1S/C22H25N.C8H10.C2H6/c1-4-17-14-22(3)20(11-12-21(22)13-16(17)2)10-9-18-7-5-6-8-19(18)15-23;1-7-3-5-8(2)6-4-7;1-2/h4-8,13,20H,1,9-12,14H2,2-3H3;3-6H,1-2H3;1-2H3. The largest absolute Gasteiger partial charge is 0.192 e. The fraction of sp³-hybridized carbons (Fsp3) is 0.406. The van der Waals surface area contributed by atoms with Gasteiger partial charge in [-0.1, -0.05) is 98.7 Å². The lowest BCUT2D eigenvalue weighted by molar-refractivity contribution is 0.255. The van der Waals surface area contributed by atoms with Gasteiger partial charge >= 0.3 is 0 Å². The molecule has 0 amide bonds. The quantitative estimate of drug-likeness (QED) is 0.466. The minimum atomic E-state index is 0.282. The Bertz CT molecular complexity index is 1010. The monoisotopic (exact) mass is 439 g/mol. The summed E-state index contributed by atoms with van der Waals surface area (Å²) < 4.78 is 0. The summed E-state index contributed by atoms with van der Waals surface area (Å²) in [5, 5.41) is 9.27. The van der Waals surface area contributed by atoms with E-state index in [1.165, 1.54) is 40.7 Å². The smallest absolute Gasteiger partial charge is 0.0994 e. The normalized spacial score (nSPS) is 20.9. The van der Waals surface area contributed by atoms with Crippen molar-refractivity contribution in [1.29, 1.82) is 5.26 Å². The zero-order chi connectivity index (χ0) is 24.4. The third-order valence-corrected chi connectivity index (χ3v) is 7.22. The molecule has 1 fully saturated rings. The molecule has 0 spiro atoms. The Morgan fingerprint density at radius 1 is 1.03 bits per heavy atom. The lowest BCUT2D eigenvalue weighted by Gasteiger charge is -2.37. The maximum atomic E-state index is 9.27. The van der Waals surface area contributed by atoms with Gasteiger partial charge in [0.25, 0.3) is 0 Å². The number of hydrogen-bond donors (Lipinski definition) is 0. The van der Waals surface area contributed by atoms with Gasteiger partial charge in [0, 0.05) is 0 Å². The van der Waals surface area contributed by atoms with E-state index in [0.717, 1.165) is 24.8 Å². The van der Waals surface area contributed by atoms with Crippen molar-refractivity contribution >= 4 is 0 Å². The molecule has 4 rings (SSSR count). The Morgan fingerprint density at radius 3 is 2.21 bits per heavy atom. The molecule has 2 atom stereocenters. The van der Waals surface area contributed by atoms with Crippen molar-refractivity contribution < 1.29 is 0 Å². The van der Waals surface area contributed by atoms with Gasteiger partial charge < -0.3 is 0 Å². The van der Waals surface area contributed by atoms with Crippen LogP contribution in [-0.2, 0) is 6.42 Å². The third kappa shape index (κ3) is 6.58. The van der Waals surface area contributed by atoms with Crippen LogP contribution in [0.15, 0.2) is 84.0 Å². The van der Waals surface area contributed by atoms with Gasteiger partial charge in [0.1, 0.15) is 0 Å². The number of rotatable bonds is 4. The topological polar surface area (TPSA) is 23.8 Å². The van der Waals surface area contributed by atoms with Crippen LogP contribution < -0.4 is 0 Å². The van der Waals surface area contributed by atoms with Crippen molar-refractivity contribution in [3.05, 3.63) is 106 Å². The van der Waals surface area contributed by atoms with Crippen LogP contribution in [0.5, 0.6) is 0 Å². The highest BCUT2D eigenvalue weighted by Crippen LogP contribution is 2.55. The summed E-state index contributed by atoms with van der Waals surface area (Å²) in [7, 11) is 0. The number of benzene rings is 2. The fourth-order valence-corrected chi connectivity index (χ4v) is 5.09. The zero-order valence-corrected chi connectivity index (χ0v) is 21.5. The van der Waals surface area contributed by atoms with Crippen LogP contribution in [0.25, 0.3) is 0 Å². The Balaban J connectivity index is 0.000000323. The molecule has 0 N–H and O–H groups in total. The lowest BCUT2D eigenvalue weighted by atomic mass is 9.67. The summed E-state index contributed by atoms with van der Waals surface area (Å²) in [5.74, 6) is 0.698. The molecule has 2 aliphatic rings. The summed E-state index contributed by atoms with van der Waals surface area (Å²) in [6, 6.07) is 18.8. The molecule has 1 saturated carbocycles. The lowest BCUT2D eigenvalue weighted by Crippen LogP contribution is -2.27. The van der Waals surface area contributed by atoms with Crippen LogP contribution in [-0.4, -0.2) is 0 Å². The van der Waals surface area contributed by atoms with Gasteiger partial charge in [-0.3, -0.25) is 0 Å². The molecule has 2 aliphatic carbocycles. The number of aryl methyl sites for hydroxylation is 3. The summed E-state index contributed by atoms with van der Waals surface area (Å²) in [4.78, 5) is 0. The molecule has 2 aromatic carbocycles. The van der Waals surface area contributed by atoms with E-state index in [4.69, 9.17) is 0 Å². The minimum Gasteiger partial charge on any atom is -0.192 e. The van der Waals surface area contributed by atoms with Crippen molar-refractivity contribution in [2.24, 2.45) is 11.3 Å². The Kier molecular flexibility index (Phi) is 9.93. The van der Waals surface area contributed by atoms with Gasteiger partial charge in [0.15, 0.2) is 0 Å². The highest BCUT2D eigenvalue weighted by Gasteiger charge is 2.43. The van der Waals surface area contributed by atoms with E-state index in [-0.39, 0.29) is 5.41 Å². The molecule has 0 radical (unpaired) electrons. The molecule has 0 saturated heterocycles. The van der Waals surface area contributed by atoms with Crippen LogP contribution >= 0.6 is 0 Å². The number of nitriles is 1. The second-order valence-electron chi connectivity index (χ2n) is 9.37. The Labute approximate surface area is 202 Å². The Morgan fingerprint density at radius 2 is 1.64 bits per heavy atom. The van der Waals surface area contributed by atoms with Crippen LogP contribution in [0.2, 0.25) is 0 Å². The van der Waals surface area contributed by atoms with Crippen LogP contribution in [0.3, 0.4) is 0 Å². The molecular formula is C32H41N. The third-order valence-electron chi connectivity index (χ3n) is 7.22. The van der Waals surface area contributed by atoms with Crippen molar-refractivity contribution in [2.45, 2.75) is 73.6 Å². The van der Waals surface area contributed by atoms with E-state index in [2.05, 4.69) is 76.8 Å². The number of hydrogen-bond acceptors (Lipinski definition) is 1. The molecule has 0 aromatic heterocycles. The maximum absolute atomic E-state index is 9.27. The second kappa shape index (κ2) is 12.4. The summed E-state index contributed by atoms with van der Waals surface area (Å²) >= 11 is 0. The summed E-state index contributed by atoms with van der Waals surface area (Å²) in [5.41, 5.74) is 9.39. The molecule has 174 valence electrons.